The first-order chi connectivity index (χ1) is 6.79. The topological polar surface area (TPSA) is 0 Å². The summed E-state index contributed by atoms with van der Waals surface area (Å²) in [6, 6.07) is 8.97. The highest BCUT2D eigenvalue weighted by Gasteiger charge is 2.39. The van der Waals surface area contributed by atoms with Crippen LogP contribution in [0.2, 0.25) is 0 Å². The molecule has 0 spiro atoms. The van der Waals surface area contributed by atoms with Crippen LogP contribution in [0, 0.1) is 5.92 Å². The first kappa shape index (κ1) is 8.28. The number of allylic oxidation sites excluding steroid dienone is 2. The Hall–Kier alpha value is -1.04. The second-order valence-corrected chi connectivity index (χ2v) is 4.69. The van der Waals surface area contributed by atoms with Crippen molar-refractivity contribution >= 4 is 0 Å². The van der Waals surface area contributed by atoms with E-state index in [1.165, 1.54) is 12.8 Å². The van der Waals surface area contributed by atoms with E-state index in [4.69, 9.17) is 0 Å². The summed E-state index contributed by atoms with van der Waals surface area (Å²) in [6.45, 7) is 4.61. The van der Waals surface area contributed by atoms with E-state index in [0.29, 0.717) is 0 Å². The van der Waals surface area contributed by atoms with Crippen molar-refractivity contribution in [1.29, 1.82) is 0 Å². The van der Waals surface area contributed by atoms with Crippen LogP contribution in [-0.2, 0) is 6.42 Å². The van der Waals surface area contributed by atoms with Crippen molar-refractivity contribution in [3.63, 3.8) is 0 Å². The molecule has 0 nitrogen and oxygen atoms in total. The molecule has 2 unspecified atom stereocenters. The van der Waals surface area contributed by atoms with Gasteiger partial charge in [-0.15, -0.1) is 0 Å². The lowest BCUT2D eigenvalue weighted by molar-refractivity contribution is 0.403. The SMILES string of the molecule is CC1=C(C)C2c3ccccc3CCC12. The van der Waals surface area contributed by atoms with E-state index in [2.05, 4.69) is 38.1 Å². The van der Waals surface area contributed by atoms with Gasteiger partial charge in [0, 0.05) is 5.92 Å². The second kappa shape index (κ2) is 2.73. The summed E-state index contributed by atoms with van der Waals surface area (Å²) in [5.74, 6) is 1.63. The predicted octanol–water partition coefficient (Wildman–Crippen LogP) is 3.68. The maximum atomic E-state index is 2.32. The van der Waals surface area contributed by atoms with Crippen molar-refractivity contribution in [2.75, 3.05) is 0 Å². The molecule has 0 aromatic heterocycles. The molecule has 2 atom stereocenters. The van der Waals surface area contributed by atoms with Gasteiger partial charge in [-0.05, 0) is 43.7 Å². The minimum atomic E-state index is 0.764. The summed E-state index contributed by atoms with van der Waals surface area (Å²) >= 11 is 0. The average Bonchev–Trinajstić information content (AvgIpc) is 2.26. The quantitative estimate of drug-likeness (QED) is 0.539. The average molecular weight is 184 g/mol. The van der Waals surface area contributed by atoms with Crippen molar-refractivity contribution < 1.29 is 0 Å². The highest BCUT2D eigenvalue weighted by atomic mass is 14.4. The van der Waals surface area contributed by atoms with Gasteiger partial charge in [-0.1, -0.05) is 35.4 Å². The van der Waals surface area contributed by atoms with Crippen molar-refractivity contribution in [2.24, 2.45) is 5.92 Å². The first-order valence-electron chi connectivity index (χ1n) is 5.54. The Bertz CT molecular complexity index is 412. The molecule has 0 aliphatic heterocycles. The summed E-state index contributed by atoms with van der Waals surface area (Å²) in [7, 11) is 0. The summed E-state index contributed by atoms with van der Waals surface area (Å²) in [4.78, 5) is 0. The number of rotatable bonds is 0. The number of hydrogen-bond donors (Lipinski definition) is 0. The van der Waals surface area contributed by atoms with E-state index in [1.807, 2.05) is 0 Å². The molecule has 14 heavy (non-hydrogen) atoms. The molecule has 0 N–H and O–H groups in total. The maximum Gasteiger partial charge on any atom is 0.0116 e. The molecule has 0 bridgehead atoms. The minimum Gasteiger partial charge on any atom is -0.0697 e. The van der Waals surface area contributed by atoms with Crippen LogP contribution in [0.5, 0.6) is 0 Å². The third-order valence-electron chi connectivity index (χ3n) is 4.16. The molecule has 3 rings (SSSR count). The Morgan fingerprint density at radius 3 is 2.71 bits per heavy atom. The Morgan fingerprint density at radius 1 is 1.07 bits per heavy atom. The fraction of sp³-hybridized carbons (Fsp3) is 0.429. The summed E-state index contributed by atoms with van der Waals surface area (Å²) in [6.07, 6.45) is 2.65. The van der Waals surface area contributed by atoms with Crippen LogP contribution in [0.3, 0.4) is 0 Å². The van der Waals surface area contributed by atoms with E-state index in [-0.39, 0.29) is 0 Å². The van der Waals surface area contributed by atoms with Crippen LogP contribution in [0.15, 0.2) is 35.4 Å². The molecule has 0 heterocycles. The molecule has 1 aromatic carbocycles. The first-order valence-corrected chi connectivity index (χ1v) is 5.54. The molecule has 0 radical (unpaired) electrons. The van der Waals surface area contributed by atoms with Gasteiger partial charge in [0.05, 0.1) is 0 Å². The molecule has 0 fully saturated rings. The molecule has 1 aromatic rings. The molecular formula is C14H16. The number of aryl methyl sites for hydroxylation is 1. The van der Waals surface area contributed by atoms with Crippen LogP contribution in [0.25, 0.3) is 0 Å². The minimum absolute atomic E-state index is 0.764. The van der Waals surface area contributed by atoms with Gasteiger partial charge in [0.1, 0.15) is 0 Å². The van der Waals surface area contributed by atoms with E-state index in [0.717, 1.165) is 11.8 Å². The molecule has 0 amide bonds. The van der Waals surface area contributed by atoms with Gasteiger partial charge in [0.25, 0.3) is 0 Å². The Morgan fingerprint density at radius 2 is 1.86 bits per heavy atom. The monoisotopic (exact) mass is 184 g/mol. The number of hydrogen-bond acceptors (Lipinski definition) is 0. The van der Waals surface area contributed by atoms with E-state index >= 15 is 0 Å². The van der Waals surface area contributed by atoms with Gasteiger partial charge in [-0.2, -0.15) is 0 Å². The molecule has 2 aliphatic carbocycles. The standard InChI is InChI=1S/C14H16/c1-9-10(2)14-12(9)8-7-11-5-3-4-6-13(11)14/h3-6,12,14H,7-8H2,1-2H3. The highest BCUT2D eigenvalue weighted by molar-refractivity contribution is 5.48. The van der Waals surface area contributed by atoms with E-state index < -0.39 is 0 Å². The van der Waals surface area contributed by atoms with Gasteiger partial charge in [0.15, 0.2) is 0 Å². The van der Waals surface area contributed by atoms with Crippen LogP contribution in [-0.4, -0.2) is 0 Å². The lowest BCUT2D eigenvalue weighted by Gasteiger charge is -2.44. The van der Waals surface area contributed by atoms with E-state index in [9.17, 15) is 0 Å². The Labute approximate surface area is 85.6 Å². The lowest BCUT2D eigenvalue weighted by Crippen LogP contribution is -2.31. The van der Waals surface area contributed by atoms with Crippen molar-refractivity contribution in [2.45, 2.75) is 32.6 Å². The van der Waals surface area contributed by atoms with E-state index in [1.54, 1.807) is 22.3 Å². The highest BCUT2D eigenvalue weighted by Crippen LogP contribution is 2.52. The molecule has 0 saturated heterocycles. The van der Waals surface area contributed by atoms with Crippen LogP contribution >= 0.6 is 0 Å². The van der Waals surface area contributed by atoms with Gasteiger partial charge in [-0.3, -0.25) is 0 Å². The zero-order valence-electron chi connectivity index (χ0n) is 8.88. The maximum absolute atomic E-state index is 2.32. The number of fused-ring (bicyclic) bond motifs is 3. The smallest absolute Gasteiger partial charge is 0.0116 e. The normalized spacial score (nSPS) is 29.3. The lowest BCUT2D eigenvalue weighted by atomic mass is 9.60. The van der Waals surface area contributed by atoms with Gasteiger partial charge < -0.3 is 0 Å². The number of benzene rings is 1. The summed E-state index contributed by atoms with van der Waals surface area (Å²) < 4.78 is 0. The fourth-order valence-corrected chi connectivity index (χ4v) is 3.20. The second-order valence-electron chi connectivity index (χ2n) is 4.69. The predicted molar refractivity (Wildman–Crippen MR) is 59.4 cm³/mol. The largest absolute Gasteiger partial charge is 0.0697 e. The Balaban J connectivity index is 2.12. The third kappa shape index (κ3) is 0.890. The van der Waals surface area contributed by atoms with Crippen molar-refractivity contribution in [3.05, 3.63) is 46.5 Å². The molecule has 0 saturated carbocycles. The molecule has 72 valence electrons. The molecular weight excluding hydrogens is 168 g/mol. The van der Waals surface area contributed by atoms with Crippen LogP contribution in [0.1, 0.15) is 37.3 Å². The zero-order valence-corrected chi connectivity index (χ0v) is 8.88. The Kier molecular flexibility index (Phi) is 1.61. The molecule has 0 heteroatoms. The van der Waals surface area contributed by atoms with Crippen LogP contribution in [0.4, 0.5) is 0 Å². The van der Waals surface area contributed by atoms with Crippen molar-refractivity contribution in [1.82, 2.24) is 0 Å². The van der Waals surface area contributed by atoms with Crippen molar-refractivity contribution in [3.8, 4) is 0 Å². The van der Waals surface area contributed by atoms with Gasteiger partial charge in [-0.25, -0.2) is 0 Å². The zero-order chi connectivity index (χ0) is 9.71. The van der Waals surface area contributed by atoms with Gasteiger partial charge >= 0.3 is 0 Å². The van der Waals surface area contributed by atoms with Crippen LogP contribution < -0.4 is 0 Å². The molecule has 2 aliphatic rings. The van der Waals surface area contributed by atoms with Gasteiger partial charge in [0.2, 0.25) is 0 Å². The fourth-order valence-electron chi connectivity index (χ4n) is 3.20. The summed E-state index contributed by atoms with van der Waals surface area (Å²) in [5.41, 5.74) is 6.47. The third-order valence-corrected chi connectivity index (χ3v) is 4.16. The summed E-state index contributed by atoms with van der Waals surface area (Å²) in [5, 5.41) is 0.